The molecule has 0 unspecified atom stereocenters. The maximum Gasteiger partial charge on any atom is 0.234 e. The first-order valence-electron chi connectivity index (χ1n) is 9.12. The predicted octanol–water partition coefficient (Wildman–Crippen LogP) is 6.12. The monoisotopic (exact) mass is 442 g/mol. The summed E-state index contributed by atoms with van der Waals surface area (Å²) in [5.74, 6) is 0.954. The molecule has 2 heterocycles. The summed E-state index contributed by atoms with van der Waals surface area (Å²) in [5, 5.41) is 16.3. The van der Waals surface area contributed by atoms with Crippen molar-refractivity contribution in [3.8, 4) is 11.4 Å². The van der Waals surface area contributed by atoms with E-state index in [0.29, 0.717) is 10.7 Å². The minimum Gasteiger partial charge on any atom is -0.325 e. The van der Waals surface area contributed by atoms with E-state index in [4.69, 9.17) is 11.6 Å². The summed E-state index contributed by atoms with van der Waals surface area (Å²) in [6, 6.07) is 15.6. The zero-order chi connectivity index (χ0) is 20.4. The second-order valence-corrected chi connectivity index (χ2v) is 9.05. The molecule has 0 aliphatic rings. The van der Waals surface area contributed by atoms with Gasteiger partial charge in [-0.05, 0) is 38.1 Å². The van der Waals surface area contributed by atoms with Crippen LogP contribution >= 0.6 is 34.7 Å². The van der Waals surface area contributed by atoms with Crippen molar-refractivity contribution in [1.82, 2.24) is 14.8 Å². The van der Waals surface area contributed by atoms with Gasteiger partial charge in [0, 0.05) is 37.8 Å². The van der Waals surface area contributed by atoms with Crippen LogP contribution in [-0.4, -0.2) is 26.4 Å². The van der Waals surface area contributed by atoms with Gasteiger partial charge in [0.1, 0.15) is 0 Å². The standard InChI is InChI=1S/C21H19ClN4OS2/c1-13(2)26-20(17-11-28-18-9-4-3-8-16(17)18)24-25-21(26)29-12-19(27)23-15-7-5-6-14(22)10-15/h3-11,13H,12H2,1-2H3,(H,23,27). The van der Waals surface area contributed by atoms with Gasteiger partial charge >= 0.3 is 0 Å². The molecule has 148 valence electrons. The molecule has 0 saturated carbocycles. The second-order valence-electron chi connectivity index (χ2n) is 6.76. The van der Waals surface area contributed by atoms with Gasteiger partial charge in [-0.3, -0.25) is 9.36 Å². The minimum atomic E-state index is -0.113. The molecule has 8 heteroatoms. The van der Waals surface area contributed by atoms with Gasteiger partial charge in [0.2, 0.25) is 5.91 Å². The van der Waals surface area contributed by atoms with Crippen LogP contribution in [0.25, 0.3) is 21.5 Å². The Morgan fingerprint density at radius 1 is 1.21 bits per heavy atom. The van der Waals surface area contributed by atoms with Crippen LogP contribution in [0.5, 0.6) is 0 Å². The number of nitrogens with one attached hydrogen (secondary N) is 1. The van der Waals surface area contributed by atoms with E-state index in [1.54, 1.807) is 29.5 Å². The summed E-state index contributed by atoms with van der Waals surface area (Å²) < 4.78 is 3.31. The Balaban J connectivity index is 1.55. The average Bonchev–Trinajstić information content (AvgIpc) is 3.30. The van der Waals surface area contributed by atoms with Crippen molar-refractivity contribution in [2.75, 3.05) is 11.1 Å². The lowest BCUT2D eigenvalue weighted by Gasteiger charge is -2.13. The van der Waals surface area contributed by atoms with E-state index >= 15 is 0 Å². The van der Waals surface area contributed by atoms with Gasteiger partial charge in [-0.2, -0.15) is 0 Å². The molecule has 5 nitrogen and oxygen atoms in total. The first-order chi connectivity index (χ1) is 14.0. The summed E-state index contributed by atoms with van der Waals surface area (Å²) >= 11 is 9.05. The molecule has 29 heavy (non-hydrogen) atoms. The first kappa shape index (κ1) is 19.9. The Hall–Kier alpha value is -2.35. The fourth-order valence-electron chi connectivity index (χ4n) is 3.07. The third-order valence-corrected chi connectivity index (χ3v) is 6.49. The van der Waals surface area contributed by atoms with Crippen molar-refractivity contribution in [1.29, 1.82) is 0 Å². The van der Waals surface area contributed by atoms with Crippen molar-refractivity contribution in [3.05, 3.63) is 58.9 Å². The van der Waals surface area contributed by atoms with Gasteiger partial charge < -0.3 is 5.32 Å². The van der Waals surface area contributed by atoms with Crippen LogP contribution in [0.3, 0.4) is 0 Å². The van der Waals surface area contributed by atoms with Gasteiger partial charge in [-0.25, -0.2) is 0 Å². The minimum absolute atomic E-state index is 0.113. The maximum absolute atomic E-state index is 12.4. The number of carbonyl (C=O) groups is 1. The number of rotatable bonds is 6. The summed E-state index contributed by atoms with van der Waals surface area (Å²) in [6.07, 6.45) is 0. The van der Waals surface area contributed by atoms with Crippen LogP contribution in [0.2, 0.25) is 5.02 Å². The third kappa shape index (κ3) is 4.32. The molecule has 1 N–H and O–H groups in total. The third-order valence-electron chi connectivity index (χ3n) is 4.34. The molecule has 0 spiro atoms. The molecule has 0 radical (unpaired) electrons. The van der Waals surface area contributed by atoms with E-state index in [1.165, 1.54) is 21.8 Å². The molecule has 2 aromatic carbocycles. The molecule has 0 saturated heterocycles. The van der Waals surface area contributed by atoms with Crippen LogP contribution in [0.1, 0.15) is 19.9 Å². The van der Waals surface area contributed by atoms with Crippen LogP contribution < -0.4 is 5.32 Å². The average molecular weight is 443 g/mol. The number of thioether (sulfide) groups is 1. The zero-order valence-corrected chi connectivity index (χ0v) is 18.3. The number of benzene rings is 2. The van der Waals surface area contributed by atoms with Crippen LogP contribution in [0.4, 0.5) is 5.69 Å². The molecule has 2 aromatic heterocycles. The number of hydrogen-bond acceptors (Lipinski definition) is 5. The number of fused-ring (bicyclic) bond motifs is 1. The van der Waals surface area contributed by atoms with Gasteiger partial charge in [0.25, 0.3) is 0 Å². The summed E-state index contributed by atoms with van der Waals surface area (Å²) in [5.41, 5.74) is 1.75. The molecule has 1 amide bonds. The number of anilines is 1. The quantitative estimate of drug-likeness (QED) is 0.365. The number of nitrogens with zero attached hydrogens (tertiary/aromatic N) is 3. The number of aromatic nitrogens is 3. The Kier molecular flexibility index (Phi) is 5.89. The molecule has 0 bridgehead atoms. The largest absolute Gasteiger partial charge is 0.325 e. The van der Waals surface area contributed by atoms with Crippen LogP contribution in [-0.2, 0) is 4.79 Å². The predicted molar refractivity (Wildman–Crippen MR) is 122 cm³/mol. The number of halogens is 1. The van der Waals surface area contributed by atoms with Gasteiger partial charge in [-0.15, -0.1) is 21.5 Å². The highest BCUT2D eigenvalue weighted by atomic mass is 35.5. The van der Waals surface area contributed by atoms with Crippen molar-refractivity contribution < 1.29 is 4.79 Å². The van der Waals surface area contributed by atoms with Gasteiger partial charge in [-0.1, -0.05) is 47.6 Å². The van der Waals surface area contributed by atoms with Gasteiger partial charge in [0.15, 0.2) is 11.0 Å². The number of hydrogen-bond donors (Lipinski definition) is 1. The van der Waals surface area contributed by atoms with Crippen molar-refractivity contribution in [2.24, 2.45) is 0 Å². The number of carbonyl (C=O) groups excluding carboxylic acids is 1. The smallest absolute Gasteiger partial charge is 0.234 e. The van der Waals surface area contributed by atoms with E-state index in [2.05, 4.69) is 51.4 Å². The summed E-state index contributed by atoms with van der Waals surface area (Å²) in [7, 11) is 0. The fourth-order valence-corrected chi connectivity index (χ4v) is 5.07. The topological polar surface area (TPSA) is 59.8 Å². The highest BCUT2D eigenvalue weighted by Gasteiger charge is 2.20. The van der Waals surface area contributed by atoms with E-state index in [1.807, 2.05) is 18.2 Å². The summed E-state index contributed by atoms with van der Waals surface area (Å²) in [4.78, 5) is 12.4. The number of amides is 1. The molecule has 4 aromatic rings. The Bertz CT molecular complexity index is 1170. The van der Waals surface area contributed by atoms with Crippen molar-refractivity contribution in [2.45, 2.75) is 25.0 Å². The van der Waals surface area contributed by atoms with E-state index in [0.717, 1.165) is 16.5 Å². The fraction of sp³-hybridized carbons (Fsp3) is 0.190. The highest BCUT2D eigenvalue weighted by molar-refractivity contribution is 7.99. The molecule has 0 aliphatic heterocycles. The number of thiophene rings is 1. The molecule has 4 rings (SSSR count). The molecular formula is C21H19ClN4OS2. The molecular weight excluding hydrogens is 424 g/mol. The molecule has 0 fully saturated rings. The van der Waals surface area contributed by atoms with Crippen LogP contribution in [0, 0.1) is 0 Å². The SMILES string of the molecule is CC(C)n1c(SCC(=O)Nc2cccc(Cl)c2)nnc1-c1csc2ccccc12. The Labute approximate surface area is 182 Å². The van der Waals surface area contributed by atoms with E-state index in [-0.39, 0.29) is 17.7 Å². The van der Waals surface area contributed by atoms with Gasteiger partial charge in [0.05, 0.1) is 5.75 Å². The van der Waals surface area contributed by atoms with E-state index < -0.39 is 0 Å². The lowest BCUT2D eigenvalue weighted by atomic mass is 10.1. The maximum atomic E-state index is 12.4. The highest BCUT2D eigenvalue weighted by Crippen LogP contribution is 2.35. The van der Waals surface area contributed by atoms with Crippen molar-refractivity contribution in [3.63, 3.8) is 0 Å². The van der Waals surface area contributed by atoms with E-state index in [9.17, 15) is 4.79 Å². The second kappa shape index (κ2) is 8.57. The van der Waals surface area contributed by atoms with Crippen LogP contribution in [0.15, 0.2) is 59.1 Å². The lowest BCUT2D eigenvalue weighted by molar-refractivity contribution is -0.113. The first-order valence-corrected chi connectivity index (χ1v) is 11.4. The Morgan fingerprint density at radius 3 is 2.83 bits per heavy atom. The molecule has 0 atom stereocenters. The normalized spacial score (nSPS) is 11.3. The Morgan fingerprint density at radius 2 is 2.03 bits per heavy atom. The lowest BCUT2D eigenvalue weighted by Crippen LogP contribution is -2.15. The zero-order valence-electron chi connectivity index (χ0n) is 15.9. The molecule has 0 aliphatic carbocycles. The summed E-state index contributed by atoms with van der Waals surface area (Å²) in [6.45, 7) is 4.19. The van der Waals surface area contributed by atoms with Crippen molar-refractivity contribution >= 4 is 56.4 Å².